The minimum absolute atomic E-state index is 0.677. The monoisotopic (exact) mass is 571 g/mol. The summed E-state index contributed by atoms with van der Waals surface area (Å²) in [5, 5.41) is 6.07. The summed E-state index contributed by atoms with van der Waals surface area (Å²) in [6, 6.07) is 54.2. The quantitative estimate of drug-likeness (QED) is 0.211. The van der Waals surface area contributed by atoms with Crippen molar-refractivity contribution in [3.05, 3.63) is 152 Å². The maximum atomic E-state index is 5.39. The van der Waals surface area contributed by atoms with E-state index in [-0.39, 0.29) is 0 Å². The van der Waals surface area contributed by atoms with E-state index in [9.17, 15) is 0 Å². The van der Waals surface area contributed by atoms with Crippen LogP contribution in [0.15, 0.2) is 152 Å². The largest absolute Gasteiger partial charge is 0.278 e. The zero-order valence-electron chi connectivity index (χ0n) is 24.3. The molecule has 2 heterocycles. The van der Waals surface area contributed by atoms with Gasteiger partial charge in [0.2, 0.25) is 5.95 Å². The molecule has 2 aromatic heterocycles. The summed E-state index contributed by atoms with van der Waals surface area (Å²) in [7, 11) is 0. The molecule has 0 aliphatic heterocycles. The van der Waals surface area contributed by atoms with Crippen molar-refractivity contribution in [2.24, 2.45) is 0 Å². The fraction of sp³-hybridized carbons (Fsp3) is 0. The number of hydrogen-bond acceptors (Lipinski definition) is 2. The molecule has 10 rings (SSSR count). The summed E-state index contributed by atoms with van der Waals surface area (Å²) in [6.45, 7) is 0. The van der Waals surface area contributed by atoms with Gasteiger partial charge in [0.15, 0.2) is 0 Å². The van der Waals surface area contributed by atoms with Crippen molar-refractivity contribution in [1.82, 2.24) is 14.5 Å². The SMILES string of the molecule is c1ccc(-c2cccc(-c3nc(-n4c5cccc6c5c5c7c(cccc7ccc54)-c4ccccc4-6)nc4ccccc34)c2)cc1. The molecular formula is C42H25N3. The van der Waals surface area contributed by atoms with Crippen LogP contribution < -0.4 is 0 Å². The summed E-state index contributed by atoms with van der Waals surface area (Å²) >= 11 is 0. The van der Waals surface area contributed by atoms with Crippen LogP contribution in [0.3, 0.4) is 0 Å². The van der Waals surface area contributed by atoms with E-state index in [1.807, 2.05) is 0 Å². The molecule has 0 spiro atoms. The molecule has 45 heavy (non-hydrogen) atoms. The van der Waals surface area contributed by atoms with Crippen molar-refractivity contribution in [2.45, 2.75) is 0 Å². The van der Waals surface area contributed by atoms with Crippen LogP contribution in [0, 0.1) is 0 Å². The Kier molecular flexibility index (Phi) is 5.00. The normalized spacial score (nSPS) is 12.0. The Morgan fingerprint density at radius 2 is 1.04 bits per heavy atom. The molecule has 0 atom stereocenters. The Bertz CT molecular complexity index is 2650. The second-order valence-corrected chi connectivity index (χ2v) is 11.8. The van der Waals surface area contributed by atoms with Crippen molar-refractivity contribution in [2.75, 3.05) is 0 Å². The summed E-state index contributed by atoms with van der Waals surface area (Å²) in [5.41, 5.74) is 12.5. The summed E-state index contributed by atoms with van der Waals surface area (Å²) in [4.78, 5) is 10.6. The zero-order valence-corrected chi connectivity index (χ0v) is 24.3. The third-order valence-corrected chi connectivity index (χ3v) is 9.34. The molecule has 3 heteroatoms. The highest BCUT2D eigenvalue weighted by atomic mass is 15.2. The van der Waals surface area contributed by atoms with Gasteiger partial charge in [0, 0.05) is 21.7 Å². The molecule has 1 aliphatic rings. The Morgan fingerprint density at radius 3 is 1.91 bits per heavy atom. The van der Waals surface area contributed by atoms with E-state index >= 15 is 0 Å². The highest BCUT2D eigenvalue weighted by molar-refractivity contribution is 6.30. The first-order valence-corrected chi connectivity index (χ1v) is 15.4. The average Bonchev–Trinajstić information content (AvgIpc) is 3.39. The maximum absolute atomic E-state index is 5.39. The zero-order chi connectivity index (χ0) is 29.5. The van der Waals surface area contributed by atoms with E-state index in [1.165, 1.54) is 54.9 Å². The molecule has 0 unspecified atom stereocenters. The molecule has 0 saturated heterocycles. The van der Waals surface area contributed by atoms with Gasteiger partial charge in [0.25, 0.3) is 0 Å². The van der Waals surface area contributed by atoms with Crippen LogP contribution in [0.5, 0.6) is 0 Å². The third-order valence-electron chi connectivity index (χ3n) is 9.34. The smallest absolute Gasteiger partial charge is 0.235 e. The first-order valence-electron chi connectivity index (χ1n) is 15.4. The molecule has 0 N–H and O–H groups in total. The van der Waals surface area contributed by atoms with Gasteiger partial charge in [0.05, 0.1) is 22.2 Å². The van der Waals surface area contributed by atoms with Crippen molar-refractivity contribution < 1.29 is 0 Å². The lowest BCUT2D eigenvalue weighted by Gasteiger charge is -2.14. The number of nitrogens with zero attached hydrogens (tertiary/aromatic N) is 3. The van der Waals surface area contributed by atoms with Crippen LogP contribution in [0.25, 0.3) is 94.1 Å². The Hall–Kier alpha value is -6.06. The molecule has 3 nitrogen and oxygen atoms in total. The molecule has 1 aliphatic carbocycles. The van der Waals surface area contributed by atoms with E-state index in [2.05, 4.69) is 156 Å². The maximum Gasteiger partial charge on any atom is 0.235 e. The molecule has 0 fully saturated rings. The Balaban J connectivity index is 1.32. The van der Waals surface area contributed by atoms with Crippen LogP contribution in [0.1, 0.15) is 0 Å². The number of aromatic nitrogens is 3. The van der Waals surface area contributed by atoms with Gasteiger partial charge in [0.1, 0.15) is 0 Å². The summed E-state index contributed by atoms with van der Waals surface area (Å²) < 4.78 is 2.27. The summed E-state index contributed by atoms with van der Waals surface area (Å²) in [5.74, 6) is 0.677. The second kappa shape index (κ2) is 9.22. The lowest BCUT2D eigenvalue weighted by atomic mass is 9.93. The van der Waals surface area contributed by atoms with Crippen molar-refractivity contribution in [3.8, 4) is 50.6 Å². The first-order chi connectivity index (χ1) is 22.3. The number of fused-ring (bicyclic) bond motifs is 4. The standard InChI is InChI=1S/C42H25N3/c1-2-11-26(12-3-1)28-14-8-15-29(25-28)41-34-18-6-7-21-35(34)43-42(44-41)45-36-22-10-20-33-31-17-5-4-16-30(31)32-19-9-13-27-23-24-37(45)40(38(27)32)39(33)36/h1-25H. The van der Waals surface area contributed by atoms with E-state index in [0.29, 0.717) is 5.95 Å². The molecule has 7 aromatic carbocycles. The fourth-order valence-electron chi connectivity index (χ4n) is 7.40. The lowest BCUT2D eigenvalue weighted by molar-refractivity contribution is 1.01. The van der Waals surface area contributed by atoms with Crippen LogP contribution in [-0.2, 0) is 0 Å². The van der Waals surface area contributed by atoms with E-state index < -0.39 is 0 Å². The molecule has 9 aromatic rings. The van der Waals surface area contributed by atoms with E-state index in [4.69, 9.17) is 9.97 Å². The van der Waals surface area contributed by atoms with Crippen molar-refractivity contribution >= 4 is 43.5 Å². The summed E-state index contributed by atoms with van der Waals surface area (Å²) in [6.07, 6.45) is 0. The molecule has 0 radical (unpaired) electrons. The molecular weight excluding hydrogens is 546 g/mol. The topological polar surface area (TPSA) is 30.7 Å². The Labute approximate surface area is 259 Å². The lowest BCUT2D eigenvalue weighted by Crippen LogP contribution is -2.03. The van der Waals surface area contributed by atoms with Gasteiger partial charge in [-0.1, -0.05) is 127 Å². The number of benzene rings is 7. The van der Waals surface area contributed by atoms with Gasteiger partial charge in [-0.05, 0) is 68.4 Å². The minimum Gasteiger partial charge on any atom is -0.278 e. The number of para-hydroxylation sites is 1. The Morgan fingerprint density at radius 1 is 0.400 bits per heavy atom. The van der Waals surface area contributed by atoms with Crippen LogP contribution in [0.4, 0.5) is 0 Å². The number of rotatable bonds is 3. The highest BCUT2D eigenvalue weighted by Gasteiger charge is 2.25. The average molecular weight is 572 g/mol. The second-order valence-electron chi connectivity index (χ2n) is 11.8. The third kappa shape index (κ3) is 3.46. The minimum atomic E-state index is 0.677. The van der Waals surface area contributed by atoms with Gasteiger partial charge in [-0.2, -0.15) is 0 Å². The molecule has 0 amide bonds. The van der Waals surface area contributed by atoms with Crippen LogP contribution in [0.2, 0.25) is 0 Å². The van der Waals surface area contributed by atoms with Crippen molar-refractivity contribution in [1.29, 1.82) is 0 Å². The van der Waals surface area contributed by atoms with E-state index in [1.54, 1.807) is 0 Å². The predicted molar refractivity (Wildman–Crippen MR) is 187 cm³/mol. The van der Waals surface area contributed by atoms with Gasteiger partial charge < -0.3 is 0 Å². The first kappa shape index (κ1) is 24.4. The van der Waals surface area contributed by atoms with Crippen LogP contribution in [-0.4, -0.2) is 14.5 Å². The molecule has 0 saturated carbocycles. The molecule has 208 valence electrons. The number of hydrogen-bond donors (Lipinski definition) is 0. The van der Waals surface area contributed by atoms with Gasteiger partial charge in [-0.15, -0.1) is 0 Å². The van der Waals surface area contributed by atoms with Gasteiger partial charge in [-0.3, -0.25) is 4.57 Å². The van der Waals surface area contributed by atoms with Crippen molar-refractivity contribution in [3.63, 3.8) is 0 Å². The van der Waals surface area contributed by atoms with Gasteiger partial charge >= 0.3 is 0 Å². The van der Waals surface area contributed by atoms with Crippen LogP contribution >= 0.6 is 0 Å². The van der Waals surface area contributed by atoms with E-state index in [0.717, 1.165) is 33.2 Å². The fourth-order valence-corrected chi connectivity index (χ4v) is 7.40. The highest BCUT2D eigenvalue weighted by Crippen LogP contribution is 2.49. The molecule has 0 bridgehead atoms. The predicted octanol–water partition coefficient (Wildman–Crippen LogP) is 10.9. The van der Waals surface area contributed by atoms with Gasteiger partial charge in [-0.25, -0.2) is 9.97 Å².